The van der Waals surface area contributed by atoms with Gasteiger partial charge in [-0.15, -0.1) is 0 Å². The van der Waals surface area contributed by atoms with Crippen LogP contribution in [0.3, 0.4) is 0 Å². The van der Waals surface area contributed by atoms with Crippen LogP contribution in [0, 0.1) is 0 Å². The van der Waals surface area contributed by atoms with E-state index in [1.54, 1.807) is 0 Å². The molecule has 0 fully saturated rings. The normalized spacial score (nSPS) is 12.8. The zero-order chi connectivity index (χ0) is 15.5. The van der Waals surface area contributed by atoms with Crippen LogP contribution in [0.4, 0.5) is 5.69 Å². The molecule has 112 valence electrons. The number of carbonyl (C=O) groups excluding carboxylic acids is 1. The molecule has 3 rings (SSSR count). The maximum Gasteiger partial charge on any atom is 0.303 e. The number of carboxylic acid groups (broad SMARTS) is 1. The number of aliphatic carboxylic acids is 1. The van der Waals surface area contributed by atoms with Gasteiger partial charge in [-0.25, -0.2) is 0 Å². The highest BCUT2D eigenvalue weighted by Gasteiger charge is 2.20. The van der Waals surface area contributed by atoms with Crippen molar-refractivity contribution in [2.45, 2.75) is 25.7 Å². The van der Waals surface area contributed by atoms with E-state index < -0.39 is 5.97 Å². The average Bonchev–Trinajstić information content (AvgIpc) is 2.87. The molecule has 0 radical (unpaired) electrons. The van der Waals surface area contributed by atoms with Crippen LogP contribution in [0.2, 0.25) is 0 Å². The first kappa shape index (κ1) is 14.3. The molecule has 4 heteroatoms. The minimum atomic E-state index is -0.757. The molecule has 1 amide bonds. The summed E-state index contributed by atoms with van der Waals surface area (Å²) in [5.41, 5.74) is 5.15. The second kappa shape index (κ2) is 6.02. The summed E-state index contributed by atoms with van der Waals surface area (Å²) in [5.74, 6) is -0.722. The second-order valence-electron chi connectivity index (χ2n) is 5.51. The lowest BCUT2D eigenvalue weighted by atomic mass is 9.98. The summed E-state index contributed by atoms with van der Waals surface area (Å²) >= 11 is 0. The number of aryl methyl sites for hydroxylation is 1. The van der Waals surface area contributed by atoms with Gasteiger partial charge in [0.2, 0.25) is 5.91 Å². The number of benzene rings is 2. The summed E-state index contributed by atoms with van der Waals surface area (Å²) in [6.45, 7) is 0. The standard InChI is InChI=1S/C18H17NO3/c20-16-11-14-4-2-5-15(18(14)19-16)13-9-7-12(8-10-13)3-1-6-17(21)22/h2,4-5,7-10H,1,3,6,11H2,(H,19,20)(H,21,22). The van der Waals surface area contributed by atoms with E-state index in [4.69, 9.17) is 5.11 Å². The summed E-state index contributed by atoms with van der Waals surface area (Å²) in [6, 6.07) is 14.0. The van der Waals surface area contributed by atoms with E-state index in [2.05, 4.69) is 5.32 Å². The molecule has 1 aliphatic rings. The summed E-state index contributed by atoms with van der Waals surface area (Å²) < 4.78 is 0. The average molecular weight is 295 g/mol. The van der Waals surface area contributed by atoms with Crippen molar-refractivity contribution in [3.05, 3.63) is 53.6 Å². The fraction of sp³-hybridized carbons (Fsp3) is 0.222. The van der Waals surface area contributed by atoms with Crippen molar-refractivity contribution in [3.8, 4) is 11.1 Å². The maximum atomic E-state index is 11.6. The van der Waals surface area contributed by atoms with Crippen molar-refractivity contribution in [3.63, 3.8) is 0 Å². The van der Waals surface area contributed by atoms with E-state index in [9.17, 15) is 9.59 Å². The van der Waals surface area contributed by atoms with Gasteiger partial charge in [0, 0.05) is 12.0 Å². The number of hydrogen-bond donors (Lipinski definition) is 2. The first-order valence-corrected chi connectivity index (χ1v) is 7.36. The van der Waals surface area contributed by atoms with Crippen molar-refractivity contribution in [1.29, 1.82) is 0 Å². The maximum absolute atomic E-state index is 11.6. The Morgan fingerprint density at radius 3 is 2.64 bits per heavy atom. The number of nitrogens with one attached hydrogen (secondary N) is 1. The van der Waals surface area contributed by atoms with Crippen LogP contribution < -0.4 is 5.32 Å². The number of fused-ring (bicyclic) bond motifs is 1. The van der Waals surface area contributed by atoms with Gasteiger partial charge in [-0.2, -0.15) is 0 Å². The predicted molar refractivity (Wildman–Crippen MR) is 84.8 cm³/mol. The molecule has 0 saturated carbocycles. The molecule has 22 heavy (non-hydrogen) atoms. The van der Waals surface area contributed by atoms with E-state index in [1.165, 1.54) is 0 Å². The third-order valence-electron chi connectivity index (χ3n) is 3.89. The molecule has 0 bridgehead atoms. The summed E-state index contributed by atoms with van der Waals surface area (Å²) in [6.07, 6.45) is 2.04. The first-order chi connectivity index (χ1) is 10.6. The van der Waals surface area contributed by atoms with E-state index in [0.29, 0.717) is 12.8 Å². The number of carbonyl (C=O) groups is 2. The van der Waals surface area contributed by atoms with Crippen LogP contribution in [-0.4, -0.2) is 17.0 Å². The van der Waals surface area contributed by atoms with Crippen LogP contribution in [-0.2, 0) is 22.4 Å². The molecular weight excluding hydrogens is 278 g/mol. The Kier molecular flexibility index (Phi) is 3.92. The monoisotopic (exact) mass is 295 g/mol. The Labute approximate surface area is 128 Å². The Hall–Kier alpha value is -2.62. The van der Waals surface area contributed by atoms with Gasteiger partial charge in [-0.3, -0.25) is 9.59 Å². The summed E-state index contributed by atoms with van der Waals surface area (Å²) in [7, 11) is 0. The molecule has 2 N–H and O–H groups in total. The fourth-order valence-electron chi connectivity index (χ4n) is 2.79. The highest BCUT2D eigenvalue weighted by atomic mass is 16.4. The Morgan fingerprint density at radius 2 is 1.91 bits per heavy atom. The smallest absolute Gasteiger partial charge is 0.303 e. The fourth-order valence-corrected chi connectivity index (χ4v) is 2.79. The Bertz CT molecular complexity index is 720. The topological polar surface area (TPSA) is 66.4 Å². The van der Waals surface area contributed by atoms with Gasteiger partial charge in [0.1, 0.15) is 0 Å². The van der Waals surface area contributed by atoms with Crippen LogP contribution in [0.1, 0.15) is 24.0 Å². The molecular formula is C18H17NO3. The number of carboxylic acids is 1. The van der Waals surface area contributed by atoms with Crippen LogP contribution in [0.25, 0.3) is 11.1 Å². The number of para-hydroxylation sites is 1. The van der Waals surface area contributed by atoms with Gasteiger partial charge in [0.25, 0.3) is 0 Å². The van der Waals surface area contributed by atoms with E-state index >= 15 is 0 Å². The van der Waals surface area contributed by atoms with Crippen LogP contribution in [0.15, 0.2) is 42.5 Å². The van der Waals surface area contributed by atoms with E-state index in [1.807, 2.05) is 42.5 Å². The molecule has 0 aromatic heterocycles. The summed E-state index contributed by atoms with van der Waals surface area (Å²) in [4.78, 5) is 22.1. The largest absolute Gasteiger partial charge is 0.481 e. The number of anilines is 1. The van der Waals surface area contributed by atoms with Crippen molar-refractivity contribution in [2.75, 3.05) is 5.32 Å². The molecule has 0 saturated heterocycles. The molecule has 1 aliphatic heterocycles. The number of rotatable bonds is 5. The molecule has 2 aromatic carbocycles. The highest BCUT2D eigenvalue weighted by molar-refractivity contribution is 6.03. The number of hydrogen-bond acceptors (Lipinski definition) is 2. The van der Waals surface area contributed by atoms with Crippen LogP contribution >= 0.6 is 0 Å². The second-order valence-corrected chi connectivity index (χ2v) is 5.51. The van der Waals surface area contributed by atoms with Crippen molar-refractivity contribution in [1.82, 2.24) is 0 Å². The van der Waals surface area contributed by atoms with Gasteiger partial charge in [0.15, 0.2) is 0 Å². The van der Waals surface area contributed by atoms with E-state index in [-0.39, 0.29) is 12.3 Å². The lowest BCUT2D eigenvalue weighted by molar-refractivity contribution is -0.137. The number of amides is 1. The molecule has 0 unspecified atom stereocenters. The molecule has 0 atom stereocenters. The quantitative estimate of drug-likeness (QED) is 0.889. The highest BCUT2D eigenvalue weighted by Crippen LogP contribution is 2.34. The molecule has 0 spiro atoms. The van der Waals surface area contributed by atoms with Crippen molar-refractivity contribution >= 4 is 17.6 Å². The third-order valence-corrected chi connectivity index (χ3v) is 3.89. The predicted octanol–water partition coefficient (Wildman–Crippen LogP) is 3.26. The lowest BCUT2D eigenvalue weighted by Gasteiger charge is -2.09. The van der Waals surface area contributed by atoms with Gasteiger partial charge < -0.3 is 10.4 Å². The first-order valence-electron chi connectivity index (χ1n) is 7.36. The zero-order valence-corrected chi connectivity index (χ0v) is 12.1. The summed E-state index contributed by atoms with van der Waals surface area (Å²) in [5, 5.41) is 11.6. The molecule has 1 heterocycles. The molecule has 4 nitrogen and oxygen atoms in total. The van der Waals surface area contributed by atoms with Gasteiger partial charge in [-0.1, -0.05) is 42.5 Å². The zero-order valence-electron chi connectivity index (χ0n) is 12.1. The minimum absolute atomic E-state index is 0.0349. The third kappa shape index (κ3) is 3.01. The van der Waals surface area contributed by atoms with Gasteiger partial charge >= 0.3 is 5.97 Å². The van der Waals surface area contributed by atoms with Crippen LogP contribution in [0.5, 0.6) is 0 Å². The Morgan fingerprint density at radius 1 is 1.14 bits per heavy atom. The minimum Gasteiger partial charge on any atom is -0.481 e. The SMILES string of the molecule is O=C(O)CCCc1ccc(-c2cccc3c2NC(=O)C3)cc1. The van der Waals surface area contributed by atoms with Crippen molar-refractivity contribution < 1.29 is 14.7 Å². The van der Waals surface area contributed by atoms with Crippen molar-refractivity contribution in [2.24, 2.45) is 0 Å². The van der Waals surface area contributed by atoms with E-state index in [0.717, 1.165) is 34.4 Å². The Balaban J connectivity index is 1.78. The van der Waals surface area contributed by atoms with Gasteiger partial charge in [0.05, 0.1) is 12.1 Å². The van der Waals surface area contributed by atoms with Gasteiger partial charge in [-0.05, 0) is 29.5 Å². The molecule has 2 aromatic rings. The lowest BCUT2D eigenvalue weighted by Crippen LogP contribution is -2.04. The molecule has 0 aliphatic carbocycles.